The Balaban J connectivity index is 2.85. The SMILES string of the molecule is CNS(=O)(=O)CCNc1ccc(C(F)(F)F)cc1C#N. The quantitative estimate of drug-likeness (QED) is 0.864. The molecule has 0 saturated carbocycles. The van der Waals surface area contributed by atoms with Crippen LogP contribution in [-0.2, 0) is 16.2 Å². The van der Waals surface area contributed by atoms with Gasteiger partial charge in [-0.25, -0.2) is 13.1 Å². The van der Waals surface area contributed by atoms with Crippen molar-refractivity contribution < 1.29 is 21.6 Å². The molecule has 5 nitrogen and oxygen atoms in total. The molecule has 0 spiro atoms. The van der Waals surface area contributed by atoms with E-state index in [4.69, 9.17) is 5.26 Å². The number of rotatable bonds is 5. The Bertz CT molecular complexity index is 621. The first-order valence-corrected chi connectivity index (χ1v) is 7.11. The van der Waals surface area contributed by atoms with E-state index in [0.717, 1.165) is 18.2 Å². The first kappa shape index (κ1) is 16.3. The van der Waals surface area contributed by atoms with Crippen LogP contribution in [0.15, 0.2) is 18.2 Å². The van der Waals surface area contributed by atoms with Crippen LogP contribution < -0.4 is 10.0 Å². The second-order valence-corrected chi connectivity index (χ2v) is 5.87. The van der Waals surface area contributed by atoms with E-state index in [1.165, 1.54) is 7.05 Å². The van der Waals surface area contributed by atoms with Gasteiger partial charge in [0.25, 0.3) is 0 Å². The molecule has 0 bridgehead atoms. The predicted molar refractivity (Wildman–Crippen MR) is 67.5 cm³/mol. The zero-order chi connectivity index (χ0) is 15.4. The van der Waals surface area contributed by atoms with Crippen molar-refractivity contribution in [1.82, 2.24) is 4.72 Å². The lowest BCUT2D eigenvalue weighted by Crippen LogP contribution is -2.26. The van der Waals surface area contributed by atoms with Gasteiger partial charge in [0.15, 0.2) is 0 Å². The van der Waals surface area contributed by atoms with E-state index in [9.17, 15) is 21.6 Å². The van der Waals surface area contributed by atoms with Gasteiger partial charge >= 0.3 is 6.18 Å². The molecule has 0 radical (unpaired) electrons. The van der Waals surface area contributed by atoms with Gasteiger partial charge in [0.1, 0.15) is 6.07 Å². The molecule has 0 unspecified atom stereocenters. The number of halogens is 3. The number of hydrogen-bond donors (Lipinski definition) is 2. The van der Waals surface area contributed by atoms with E-state index < -0.39 is 21.8 Å². The predicted octanol–water partition coefficient (Wildman–Crippen LogP) is 1.54. The van der Waals surface area contributed by atoms with Crippen molar-refractivity contribution in [3.8, 4) is 6.07 Å². The topological polar surface area (TPSA) is 82.0 Å². The zero-order valence-electron chi connectivity index (χ0n) is 10.5. The molecule has 20 heavy (non-hydrogen) atoms. The summed E-state index contributed by atoms with van der Waals surface area (Å²) in [5.41, 5.74) is -0.962. The Morgan fingerprint density at radius 1 is 1.35 bits per heavy atom. The third-order valence-corrected chi connectivity index (χ3v) is 3.83. The van der Waals surface area contributed by atoms with Crippen molar-refractivity contribution in [2.75, 3.05) is 24.7 Å². The fourth-order valence-electron chi connectivity index (χ4n) is 1.39. The summed E-state index contributed by atoms with van der Waals surface area (Å²) in [5.74, 6) is -0.255. The average molecular weight is 307 g/mol. The summed E-state index contributed by atoms with van der Waals surface area (Å²) in [6.45, 7) is -0.0246. The number of sulfonamides is 1. The average Bonchev–Trinajstić information content (AvgIpc) is 2.37. The van der Waals surface area contributed by atoms with Crippen molar-refractivity contribution in [3.05, 3.63) is 29.3 Å². The van der Waals surface area contributed by atoms with Crippen LogP contribution in [-0.4, -0.2) is 27.8 Å². The molecule has 0 aliphatic rings. The summed E-state index contributed by atoms with van der Waals surface area (Å²) in [6.07, 6.45) is -4.53. The third-order valence-electron chi connectivity index (χ3n) is 2.46. The highest BCUT2D eigenvalue weighted by molar-refractivity contribution is 7.89. The van der Waals surface area contributed by atoms with Crippen molar-refractivity contribution in [2.45, 2.75) is 6.18 Å². The largest absolute Gasteiger partial charge is 0.416 e. The number of alkyl halides is 3. The summed E-state index contributed by atoms with van der Waals surface area (Å²) in [5, 5.41) is 11.5. The van der Waals surface area contributed by atoms with E-state index in [2.05, 4.69) is 10.0 Å². The molecule has 0 saturated heterocycles. The first-order valence-electron chi connectivity index (χ1n) is 5.46. The Morgan fingerprint density at radius 2 is 2.00 bits per heavy atom. The highest BCUT2D eigenvalue weighted by atomic mass is 32.2. The molecule has 2 N–H and O–H groups in total. The zero-order valence-corrected chi connectivity index (χ0v) is 11.3. The lowest BCUT2D eigenvalue weighted by molar-refractivity contribution is -0.137. The van der Waals surface area contributed by atoms with Gasteiger partial charge in [-0.15, -0.1) is 0 Å². The summed E-state index contributed by atoms with van der Waals surface area (Å²) in [7, 11) is -2.16. The van der Waals surface area contributed by atoms with Gasteiger partial charge in [-0.1, -0.05) is 0 Å². The van der Waals surface area contributed by atoms with Crippen molar-refractivity contribution in [1.29, 1.82) is 5.26 Å². The maximum Gasteiger partial charge on any atom is 0.416 e. The fourth-order valence-corrected chi connectivity index (χ4v) is 1.96. The first-order chi connectivity index (χ1) is 9.19. The molecule has 1 aromatic rings. The van der Waals surface area contributed by atoms with E-state index >= 15 is 0 Å². The third kappa shape index (κ3) is 4.40. The van der Waals surface area contributed by atoms with Crippen LogP contribution in [0.2, 0.25) is 0 Å². The van der Waals surface area contributed by atoms with Crippen molar-refractivity contribution in [3.63, 3.8) is 0 Å². The van der Waals surface area contributed by atoms with Gasteiger partial charge in [-0.05, 0) is 25.2 Å². The lowest BCUT2D eigenvalue weighted by Gasteiger charge is -2.11. The molecule has 0 heterocycles. The van der Waals surface area contributed by atoms with Gasteiger partial charge in [0, 0.05) is 6.54 Å². The Hall–Kier alpha value is -1.79. The van der Waals surface area contributed by atoms with Crippen LogP contribution in [0.5, 0.6) is 0 Å². The number of nitrogens with zero attached hydrogens (tertiary/aromatic N) is 1. The van der Waals surface area contributed by atoms with Crippen molar-refractivity contribution >= 4 is 15.7 Å². The minimum absolute atomic E-state index is 0.0246. The molecular weight excluding hydrogens is 295 g/mol. The van der Waals surface area contributed by atoms with Gasteiger partial charge in [0.05, 0.1) is 22.6 Å². The summed E-state index contributed by atoms with van der Waals surface area (Å²) in [4.78, 5) is 0. The fraction of sp³-hybridized carbons (Fsp3) is 0.364. The molecule has 0 aromatic heterocycles. The number of nitrogens with one attached hydrogen (secondary N) is 2. The lowest BCUT2D eigenvalue weighted by atomic mass is 10.1. The maximum atomic E-state index is 12.5. The van der Waals surface area contributed by atoms with Crippen LogP contribution >= 0.6 is 0 Å². The normalized spacial score (nSPS) is 11.9. The Kier molecular flexibility index (Phi) is 4.97. The number of nitriles is 1. The summed E-state index contributed by atoms with van der Waals surface area (Å²) >= 11 is 0. The Labute approximate surface area is 114 Å². The van der Waals surface area contributed by atoms with Gasteiger partial charge in [-0.3, -0.25) is 0 Å². The monoisotopic (exact) mass is 307 g/mol. The second kappa shape index (κ2) is 6.11. The summed E-state index contributed by atoms with van der Waals surface area (Å²) in [6, 6.07) is 4.29. The van der Waals surface area contributed by atoms with Crippen LogP contribution in [0.1, 0.15) is 11.1 Å². The minimum Gasteiger partial charge on any atom is -0.383 e. The van der Waals surface area contributed by atoms with E-state index in [-0.39, 0.29) is 23.5 Å². The molecule has 0 amide bonds. The van der Waals surface area contributed by atoms with Gasteiger partial charge in [0.2, 0.25) is 10.0 Å². The molecule has 0 atom stereocenters. The molecule has 1 rings (SSSR count). The molecular formula is C11H12F3N3O2S. The van der Waals surface area contributed by atoms with Crippen molar-refractivity contribution in [2.24, 2.45) is 0 Å². The standard InChI is InChI=1S/C11H12F3N3O2S/c1-16-20(18,19)5-4-17-10-3-2-9(11(12,13)14)6-8(10)7-15/h2-3,6,16-17H,4-5H2,1H3. The number of hydrogen-bond acceptors (Lipinski definition) is 4. The molecule has 0 aliphatic carbocycles. The molecule has 1 aromatic carbocycles. The molecule has 0 fully saturated rings. The van der Waals surface area contributed by atoms with Crippen LogP contribution in [0.4, 0.5) is 18.9 Å². The highest BCUT2D eigenvalue weighted by Gasteiger charge is 2.31. The van der Waals surface area contributed by atoms with E-state index in [1.54, 1.807) is 6.07 Å². The van der Waals surface area contributed by atoms with Crippen LogP contribution in [0.25, 0.3) is 0 Å². The number of benzene rings is 1. The van der Waals surface area contributed by atoms with Crippen LogP contribution in [0, 0.1) is 11.3 Å². The van der Waals surface area contributed by atoms with Crippen LogP contribution in [0.3, 0.4) is 0 Å². The summed E-state index contributed by atoms with van der Waals surface area (Å²) < 4.78 is 61.9. The van der Waals surface area contributed by atoms with Gasteiger partial charge in [-0.2, -0.15) is 18.4 Å². The molecule has 110 valence electrons. The minimum atomic E-state index is -4.53. The second-order valence-electron chi connectivity index (χ2n) is 3.82. The smallest absolute Gasteiger partial charge is 0.383 e. The highest BCUT2D eigenvalue weighted by Crippen LogP contribution is 2.31. The van der Waals surface area contributed by atoms with E-state index in [0.29, 0.717) is 0 Å². The maximum absolute atomic E-state index is 12.5. The number of anilines is 1. The molecule has 9 heteroatoms. The Morgan fingerprint density at radius 3 is 2.50 bits per heavy atom. The van der Waals surface area contributed by atoms with E-state index in [1.807, 2.05) is 0 Å². The van der Waals surface area contributed by atoms with Gasteiger partial charge < -0.3 is 5.32 Å². The molecule has 0 aliphatic heterocycles.